The lowest BCUT2D eigenvalue weighted by atomic mass is 10.0. The topological polar surface area (TPSA) is 132 Å². The zero-order valence-corrected chi connectivity index (χ0v) is 22.2. The molecule has 0 aliphatic heterocycles. The second kappa shape index (κ2) is 13.6. The van der Waals surface area contributed by atoms with Crippen molar-refractivity contribution in [2.24, 2.45) is 5.92 Å². The standard InChI is InChI=1S/C27H32N4O6S/c1-21(2)18-30(38(35,36)27-8-5-7-25(17-27)31(33)34)15-13-23(29-20-32)16-22-9-11-26(12-10-22)37-19-24-6-3-4-14-28-24/h3-12,14,17,20-21,23H,13,15-16,18-19H2,1-2H3,(H,29,32). The van der Waals surface area contributed by atoms with Crippen LogP contribution in [0.1, 0.15) is 31.5 Å². The Morgan fingerprint density at radius 1 is 1.11 bits per heavy atom. The maximum Gasteiger partial charge on any atom is 0.270 e. The van der Waals surface area contributed by atoms with Gasteiger partial charge in [-0.3, -0.25) is 19.9 Å². The molecule has 38 heavy (non-hydrogen) atoms. The summed E-state index contributed by atoms with van der Waals surface area (Å²) in [7, 11) is -3.98. The normalized spacial score (nSPS) is 12.3. The quantitative estimate of drug-likeness (QED) is 0.175. The van der Waals surface area contributed by atoms with E-state index in [1.54, 1.807) is 6.20 Å². The van der Waals surface area contributed by atoms with Gasteiger partial charge in [-0.1, -0.05) is 38.1 Å². The van der Waals surface area contributed by atoms with Crippen LogP contribution >= 0.6 is 0 Å². The summed E-state index contributed by atoms with van der Waals surface area (Å²) in [6, 6.07) is 17.8. The molecule has 1 unspecified atom stereocenters. The predicted octanol–water partition coefficient (Wildman–Crippen LogP) is 3.96. The molecule has 0 fully saturated rings. The van der Waals surface area contributed by atoms with Gasteiger partial charge >= 0.3 is 0 Å². The van der Waals surface area contributed by atoms with Crippen LogP contribution in [-0.4, -0.2) is 48.2 Å². The van der Waals surface area contributed by atoms with E-state index in [1.165, 1.54) is 22.5 Å². The molecular weight excluding hydrogens is 508 g/mol. The van der Waals surface area contributed by atoms with Gasteiger partial charge in [0.25, 0.3) is 5.69 Å². The number of nitrogens with zero attached hydrogens (tertiary/aromatic N) is 3. The fourth-order valence-corrected chi connectivity index (χ4v) is 5.57. The van der Waals surface area contributed by atoms with Gasteiger partial charge in [-0.2, -0.15) is 4.31 Å². The van der Waals surface area contributed by atoms with Crippen molar-refractivity contribution in [3.8, 4) is 5.75 Å². The van der Waals surface area contributed by atoms with Crippen LogP contribution in [0.3, 0.4) is 0 Å². The zero-order valence-electron chi connectivity index (χ0n) is 21.4. The van der Waals surface area contributed by atoms with Crippen LogP contribution in [0.15, 0.2) is 77.8 Å². The summed E-state index contributed by atoms with van der Waals surface area (Å²) >= 11 is 0. The van der Waals surface area contributed by atoms with Gasteiger partial charge < -0.3 is 10.1 Å². The number of sulfonamides is 1. The lowest BCUT2D eigenvalue weighted by Crippen LogP contribution is -2.39. The number of nitrogens with one attached hydrogen (secondary N) is 1. The lowest BCUT2D eigenvalue weighted by Gasteiger charge is -2.26. The molecule has 0 spiro atoms. The van der Waals surface area contributed by atoms with Crippen LogP contribution in [0.25, 0.3) is 0 Å². The van der Waals surface area contributed by atoms with Gasteiger partial charge in [0.15, 0.2) is 0 Å². The van der Waals surface area contributed by atoms with Crippen molar-refractivity contribution >= 4 is 22.1 Å². The number of aromatic nitrogens is 1. The van der Waals surface area contributed by atoms with E-state index in [9.17, 15) is 23.3 Å². The van der Waals surface area contributed by atoms with Crippen molar-refractivity contribution < 1.29 is 22.9 Å². The van der Waals surface area contributed by atoms with Crippen LogP contribution in [0.2, 0.25) is 0 Å². The van der Waals surface area contributed by atoms with Crippen molar-refractivity contribution in [2.45, 2.75) is 44.2 Å². The number of benzene rings is 2. The van der Waals surface area contributed by atoms with Gasteiger partial charge in [-0.25, -0.2) is 8.42 Å². The van der Waals surface area contributed by atoms with Crippen LogP contribution in [-0.2, 0) is 27.8 Å². The first-order chi connectivity index (χ1) is 18.2. The molecule has 202 valence electrons. The third-order valence-electron chi connectivity index (χ3n) is 5.78. The first-order valence-corrected chi connectivity index (χ1v) is 13.7. The van der Waals surface area contributed by atoms with Crippen LogP contribution < -0.4 is 10.1 Å². The van der Waals surface area contributed by atoms with Gasteiger partial charge in [0.05, 0.1) is 15.5 Å². The van der Waals surface area contributed by atoms with E-state index >= 15 is 0 Å². The molecular formula is C27H32N4O6S. The van der Waals surface area contributed by atoms with E-state index in [0.29, 0.717) is 31.6 Å². The molecule has 11 heteroatoms. The minimum absolute atomic E-state index is 0.0274. The van der Waals surface area contributed by atoms with Gasteiger partial charge in [-0.05, 0) is 54.7 Å². The molecule has 3 rings (SSSR count). The van der Waals surface area contributed by atoms with Crippen molar-refractivity contribution in [1.82, 2.24) is 14.6 Å². The van der Waals surface area contributed by atoms with Crippen LogP contribution in [0.5, 0.6) is 5.75 Å². The van der Waals surface area contributed by atoms with E-state index in [2.05, 4.69) is 10.3 Å². The molecule has 2 aromatic carbocycles. The average molecular weight is 541 g/mol. The van der Waals surface area contributed by atoms with Crippen LogP contribution in [0, 0.1) is 16.0 Å². The highest BCUT2D eigenvalue weighted by atomic mass is 32.2. The number of hydrogen-bond donors (Lipinski definition) is 1. The van der Waals surface area contributed by atoms with Gasteiger partial charge in [0, 0.05) is 37.5 Å². The van der Waals surface area contributed by atoms with E-state index in [4.69, 9.17) is 4.74 Å². The summed E-state index contributed by atoms with van der Waals surface area (Å²) in [4.78, 5) is 25.9. The number of nitro benzene ring substituents is 1. The molecule has 1 amide bonds. The summed E-state index contributed by atoms with van der Waals surface area (Å²) in [6.45, 7) is 4.52. The van der Waals surface area contributed by atoms with Gasteiger partial charge in [0.1, 0.15) is 12.4 Å². The molecule has 0 bridgehead atoms. The number of pyridine rings is 1. The third-order valence-corrected chi connectivity index (χ3v) is 7.65. The minimum Gasteiger partial charge on any atom is -0.487 e. The molecule has 1 heterocycles. The number of hydrogen-bond acceptors (Lipinski definition) is 7. The van der Waals surface area contributed by atoms with Crippen molar-refractivity contribution in [3.05, 3.63) is 94.3 Å². The Hall–Kier alpha value is -3.83. The highest BCUT2D eigenvalue weighted by molar-refractivity contribution is 7.89. The summed E-state index contributed by atoms with van der Waals surface area (Å²) in [5, 5.41) is 13.9. The smallest absolute Gasteiger partial charge is 0.270 e. The number of amides is 1. The molecule has 1 atom stereocenters. The van der Waals surface area contributed by atoms with E-state index in [1.807, 2.05) is 56.3 Å². The fourth-order valence-electron chi connectivity index (χ4n) is 3.91. The largest absolute Gasteiger partial charge is 0.487 e. The summed E-state index contributed by atoms with van der Waals surface area (Å²) < 4.78 is 33.8. The summed E-state index contributed by atoms with van der Waals surface area (Å²) in [6.07, 6.45) is 3.17. The Morgan fingerprint density at radius 2 is 1.87 bits per heavy atom. The maximum atomic E-state index is 13.4. The average Bonchev–Trinajstić information content (AvgIpc) is 2.91. The second-order valence-corrected chi connectivity index (χ2v) is 11.2. The maximum absolute atomic E-state index is 13.4. The Balaban J connectivity index is 1.67. The highest BCUT2D eigenvalue weighted by Crippen LogP contribution is 2.23. The van der Waals surface area contributed by atoms with Crippen molar-refractivity contribution in [3.63, 3.8) is 0 Å². The highest BCUT2D eigenvalue weighted by Gasteiger charge is 2.27. The number of nitro groups is 1. The Kier molecular flexibility index (Phi) is 10.3. The first-order valence-electron chi connectivity index (χ1n) is 12.2. The van der Waals surface area contributed by atoms with E-state index in [-0.39, 0.29) is 35.6 Å². The van der Waals surface area contributed by atoms with Crippen molar-refractivity contribution in [2.75, 3.05) is 13.1 Å². The van der Waals surface area contributed by atoms with Gasteiger partial charge in [-0.15, -0.1) is 0 Å². The summed E-state index contributed by atoms with van der Waals surface area (Å²) in [5.41, 5.74) is 1.48. The lowest BCUT2D eigenvalue weighted by molar-refractivity contribution is -0.385. The van der Waals surface area contributed by atoms with Crippen LogP contribution in [0.4, 0.5) is 5.69 Å². The first kappa shape index (κ1) is 28.7. The number of rotatable bonds is 15. The Labute approximate surface area is 222 Å². The third kappa shape index (κ3) is 8.35. The van der Waals surface area contributed by atoms with E-state index in [0.717, 1.165) is 17.3 Å². The second-order valence-electron chi connectivity index (χ2n) is 9.24. The predicted molar refractivity (Wildman–Crippen MR) is 143 cm³/mol. The number of non-ortho nitro benzene ring substituents is 1. The minimum atomic E-state index is -3.98. The summed E-state index contributed by atoms with van der Waals surface area (Å²) in [5.74, 6) is 0.713. The monoisotopic (exact) mass is 540 g/mol. The molecule has 10 nitrogen and oxygen atoms in total. The zero-order chi connectivity index (χ0) is 27.5. The molecule has 0 saturated carbocycles. The fraction of sp³-hybridized carbons (Fsp3) is 0.333. The molecule has 1 N–H and O–H groups in total. The number of carbonyl (C=O) groups excluding carboxylic acids is 1. The molecule has 0 radical (unpaired) electrons. The Morgan fingerprint density at radius 3 is 2.50 bits per heavy atom. The Bertz CT molecular complexity index is 1300. The molecule has 3 aromatic rings. The number of ether oxygens (including phenoxy) is 1. The van der Waals surface area contributed by atoms with E-state index < -0.39 is 14.9 Å². The van der Waals surface area contributed by atoms with Gasteiger partial charge in [0.2, 0.25) is 16.4 Å². The number of carbonyl (C=O) groups is 1. The van der Waals surface area contributed by atoms with Crippen molar-refractivity contribution in [1.29, 1.82) is 0 Å². The molecule has 0 saturated heterocycles. The molecule has 0 aliphatic rings. The SMILES string of the molecule is CC(C)CN(CCC(Cc1ccc(OCc2ccccn2)cc1)NC=O)S(=O)(=O)c1cccc([N+](=O)[O-])c1. The molecule has 1 aromatic heterocycles. The molecule has 0 aliphatic carbocycles.